The highest BCUT2D eigenvalue weighted by molar-refractivity contribution is 5.91. The fourth-order valence-electron chi connectivity index (χ4n) is 2.98. The summed E-state index contributed by atoms with van der Waals surface area (Å²) in [5, 5.41) is 2.93. The van der Waals surface area contributed by atoms with Crippen LogP contribution < -0.4 is 19.5 Å². The van der Waals surface area contributed by atoms with Crippen LogP contribution in [0.1, 0.15) is 24.3 Å². The number of anilines is 1. The van der Waals surface area contributed by atoms with Gasteiger partial charge in [0, 0.05) is 18.2 Å². The number of carbonyl (C=O) groups is 1. The van der Waals surface area contributed by atoms with Crippen LogP contribution in [0.15, 0.2) is 42.5 Å². The molecule has 1 aliphatic heterocycles. The van der Waals surface area contributed by atoms with E-state index in [1.165, 1.54) is 0 Å². The van der Waals surface area contributed by atoms with Gasteiger partial charge in [-0.1, -0.05) is 18.2 Å². The van der Waals surface area contributed by atoms with Crippen molar-refractivity contribution in [1.82, 2.24) is 0 Å². The van der Waals surface area contributed by atoms with E-state index < -0.39 is 0 Å². The predicted octanol–water partition coefficient (Wildman–Crippen LogP) is 3.60. The summed E-state index contributed by atoms with van der Waals surface area (Å²) in [5.74, 6) is 2.26. The number of benzene rings is 2. The molecule has 1 unspecified atom stereocenters. The quantitative estimate of drug-likeness (QED) is 0.911. The number of fused-ring (bicyclic) bond motifs is 1. The molecule has 0 saturated heterocycles. The summed E-state index contributed by atoms with van der Waals surface area (Å²) < 4.78 is 16.1. The highest BCUT2D eigenvalue weighted by Crippen LogP contribution is 2.36. The zero-order valence-corrected chi connectivity index (χ0v) is 13.9. The molecule has 1 heterocycles. The van der Waals surface area contributed by atoms with Gasteiger partial charge < -0.3 is 19.5 Å². The lowest BCUT2D eigenvalue weighted by atomic mass is 9.90. The summed E-state index contributed by atoms with van der Waals surface area (Å²) in [6, 6.07) is 13.2. The van der Waals surface area contributed by atoms with Crippen molar-refractivity contribution in [1.29, 1.82) is 0 Å². The number of hydrogen-bond donors (Lipinski definition) is 1. The summed E-state index contributed by atoms with van der Waals surface area (Å²) in [7, 11) is 3.15. The summed E-state index contributed by atoms with van der Waals surface area (Å²) in [4.78, 5) is 12.4. The number of ether oxygens (including phenoxy) is 3. The van der Waals surface area contributed by atoms with Gasteiger partial charge in [0.1, 0.15) is 5.75 Å². The Bertz CT molecular complexity index is 729. The molecule has 0 aromatic heterocycles. The zero-order valence-electron chi connectivity index (χ0n) is 13.9. The molecule has 1 amide bonds. The average molecular weight is 327 g/mol. The third kappa shape index (κ3) is 3.45. The molecule has 2 aromatic rings. The van der Waals surface area contributed by atoms with Gasteiger partial charge in [-0.15, -0.1) is 0 Å². The molecular weight excluding hydrogens is 306 g/mol. The van der Waals surface area contributed by atoms with E-state index in [4.69, 9.17) is 14.2 Å². The first-order chi connectivity index (χ1) is 11.7. The Kier molecular flexibility index (Phi) is 4.89. The first-order valence-electron chi connectivity index (χ1n) is 7.95. The lowest BCUT2D eigenvalue weighted by Crippen LogP contribution is -2.20. The largest absolute Gasteiger partial charge is 0.493 e. The third-order valence-corrected chi connectivity index (χ3v) is 4.18. The molecule has 0 spiro atoms. The van der Waals surface area contributed by atoms with Gasteiger partial charge in [0.25, 0.3) is 0 Å². The van der Waals surface area contributed by atoms with Crippen molar-refractivity contribution < 1.29 is 19.0 Å². The van der Waals surface area contributed by atoms with Crippen LogP contribution in [-0.4, -0.2) is 26.7 Å². The molecule has 0 bridgehead atoms. The van der Waals surface area contributed by atoms with Gasteiger partial charge in [0.05, 0.1) is 20.8 Å². The minimum Gasteiger partial charge on any atom is -0.493 e. The molecule has 0 aliphatic carbocycles. The fourth-order valence-corrected chi connectivity index (χ4v) is 2.98. The lowest BCUT2D eigenvalue weighted by Gasteiger charge is -2.25. The molecule has 1 aliphatic rings. The van der Waals surface area contributed by atoms with Gasteiger partial charge in [-0.3, -0.25) is 4.79 Å². The van der Waals surface area contributed by atoms with Crippen molar-refractivity contribution in [3.8, 4) is 17.2 Å². The second-order valence-corrected chi connectivity index (χ2v) is 5.69. The number of rotatable bonds is 5. The van der Waals surface area contributed by atoms with Gasteiger partial charge in [-0.2, -0.15) is 0 Å². The van der Waals surface area contributed by atoms with Crippen LogP contribution in [0.4, 0.5) is 5.69 Å². The first-order valence-corrected chi connectivity index (χ1v) is 7.95. The second-order valence-electron chi connectivity index (χ2n) is 5.69. The Hall–Kier alpha value is -2.69. The van der Waals surface area contributed by atoms with Crippen LogP contribution in [0, 0.1) is 0 Å². The van der Waals surface area contributed by atoms with Gasteiger partial charge in [0.15, 0.2) is 11.5 Å². The van der Waals surface area contributed by atoms with E-state index in [0.717, 1.165) is 17.7 Å². The van der Waals surface area contributed by atoms with E-state index in [1.54, 1.807) is 32.4 Å². The van der Waals surface area contributed by atoms with Crippen LogP contribution in [0.3, 0.4) is 0 Å². The van der Waals surface area contributed by atoms with Crippen molar-refractivity contribution in [3.05, 3.63) is 48.0 Å². The van der Waals surface area contributed by atoms with Crippen LogP contribution in [0.5, 0.6) is 17.2 Å². The Morgan fingerprint density at radius 1 is 1.17 bits per heavy atom. The molecule has 0 saturated carbocycles. The summed E-state index contributed by atoms with van der Waals surface area (Å²) in [5.41, 5.74) is 1.80. The Balaban J connectivity index is 1.69. The van der Waals surface area contributed by atoms with E-state index in [2.05, 4.69) is 5.32 Å². The van der Waals surface area contributed by atoms with Crippen molar-refractivity contribution in [2.24, 2.45) is 0 Å². The zero-order chi connectivity index (χ0) is 16.9. The maximum atomic E-state index is 12.4. The number of methoxy groups -OCH3 is 2. The number of para-hydroxylation sites is 1. The number of nitrogens with one attached hydrogen (secondary N) is 1. The summed E-state index contributed by atoms with van der Waals surface area (Å²) in [6.45, 7) is 0.644. The van der Waals surface area contributed by atoms with Crippen LogP contribution in [0.25, 0.3) is 0 Å². The van der Waals surface area contributed by atoms with Crippen LogP contribution >= 0.6 is 0 Å². The standard InChI is InChI=1S/C19H21NO4/c1-22-17-8-7-14(12-18(17)23-2)20-19(21)11-13-9-10-24-16-6-4-3-5-15(13)16/h3-8,12-13H,9-11H2,1-2H3,(H,20,21). The smallest absolute Gasteiger partial charge is 0.224 e. The molecule has 24 heavy (non-hydrogen) atoms. The molecular formula is C19H21NO4. The van der Waals surface area contributed by atoms with E-state index in [0.29, 0.717) is 30.2 Å². The Morgan fingerprint density at radius 2 is 1.96 bits per heavy atom. The molecule has 2 aromatic carbocycles. The lowest BCUT2D eigenvalue weighted by molar-refractivity contribution is -0.116. The predicted molar refractivity (Wildman–Crippen MR) is 92.1 cm³/mol. The van der Waals surface area contributed by atoms with E-state index in [9.17, 15) is 4.79 Å². The molecule has 1 atom stereocenters. The maximum absolute atomic E-state index is 12.4. The molecule has 5 nitrogen and oxygen atoms in total. The van der Waals surface area contributed by atoms with Crippen molar-refractivity contribution in [3.63, 3.8) is 0 Å². The van der Waals surface area contributed by atoms with E-state index in [1.807, 2.05) is 24.3 Å². The third-order valence-electron chi connectivity index (χ3n) is 4.18. The van der Waals surface area contributed by atoms with Crippen LogP contribution in [0.2, 0.25) is 0 Å². The molecule has 126 valence electrons. The molecule has 0 radical (unpaired) electrons. The van der Waals surface area contributed by atoms with Gasteiger partial charge in [-0.25, -0.2) is 0 Å². The average Bonchev–Trinajstić information content (AvgIpc) is 2.62. The molecule has 0 fully saturated rings. The number of hydrogen-bond acceptors (Lipinski definition) is 4. The van der Waals surface area contributed by atoms with Crippen molar-refractivity contribution in [2.45, 2.75) is 18.8 Å². The highest BCUT2D eigenvalue weighted by Gasteiger charge is 2.23. The molecule has 3 rings (SSSR count). The van der Waals surface area contributed by atoms with Gasteiger partial charge >= 0.3 is 0 Å². The first kappa shape index (κ1) is 16.2. The number of amides is 1. The normalized spacial score (nSPS) is 15.8. The van der Waals surface area contributed by atoms with Crippen molar-refractivity contribution in [2.75, 3.05) is 26.1 Å². The SMILES string of the molecule is COc1ccc(NC(=O)CC2CCOc3ccccc32)cc1OC. The minimum absolute atomic E-state index is 0.0241. The van der Waals surface area contributed by atoms with E-state index >= 15 is 0 Å². The second kappa shape index (κ2) is 7.25. The van der Waals surface area contributed by atoms with Gasteiger partial charge in [0.2, 0.25) is 5.91 Å². The van der Waals surface area contributed by atoms with E-state index in [-0.39, 0.29) is 11.8 Å². The molecule has 1 N–H and O–H groups in total. The topological polar surface area (TPSA) is 56.8 Å². The summed E-state index contributed by atoms with van der Waals surface area (Å²) >= 11 is 0. The minimum atomic E-state index is -0.0241. The fraction of sp³-hybridized carbons (Fsp3) is 0.316. The Morgan fingerprint density at radius 3 is 2.75 bits per heavy atom. The number of carbonyl (C=O) groups excluding carboxylic acids is 1. The van der Waals surface area contributed by atoms with Crippen molar-refractivity contribution >= 4 is 11.6 Å². The highest BCUT2D eigenvalue weighted by atomic mass is 16.5. The summed E-state index contributed by atoms with van der Waals surface area (Å²) in [6.07, 6.45) is 1.27. The Labute approximate surface area is 141 Å². The molecule has 5 heteroatoms. The van der Waals surface area contributed by atoms with Gasteiger partial charge in [-0.05, 0) is 36.1 Å². The maximum Gasteiger partial charge on any atom is 0.224 e. The monoisotopic (exact) mass is 327 g/mol. The van der Waals surface area contributed by atoms with Crippen LogP contribution in [-0.2, 0) is 4.79 Å².